The Morgan fingerprint density at radius 2 is 1.65 bits per heavy atom. The molecular weight excluding hydrogens is 244 g/mol. The van der Waals surface area contributed by atoms with E-state index in [-0.39, 0.29) is 6.04 Å². The first-order valence-corrected chi connectivity index (χ1v) is 8.23. The van der Waals surface area contributed by atoms with E-state index in [1.807, 2.05) is 0 Å². The van der Waals surface area contributed by atoms with E-state index in [9.17, 15) is 0 Å². The molecule has 2 nitrogen and oxygen atoms in total. The molecule has 20 heavy (non-hydrogen) atoms. The molecule has 0 amide bonds. The summed E-state index contributed by atoms with van der Waals surface area (Å²) in [5.41, 5.74) is 9.13. The molecular formula is C18H28N2. The van der Waals surface area contributed by atoms with E-state index >= 15 is 0 Å². The molecule has 2 aliphatic carbocycles. The maximum atomic E-state index is 6.44. The standard InChI is InChI=1S/C18H28N2/c1-13(2)15-5-7-16(8-6-15)18(19)12-20(17-9-10-17)11-14-3-4-14/h5-8,13-14,17-18H,3-4,9-12,19H2,1-2H3. The van der Waals surface area contributed by atoms with Crippen molar-refractivity contribution >= 4 is 0 Å². The van der Waals surface area contributed by atoms with Crippen molar-refractivity contribution < 1.29 is 0 Å². The molecule has 1 unspecified atom stereocenters. The van der Waals surface area contributed by atoms with Gasteiger partial charge in [0, 0.05) is 25.2 Å². The third kappa shape index (κ3) is 3.62. The monoisotopic (exact) mass is 272 g/mol. The van der Waals surface area contributed by atoms with Crippen LogP contribution in [-0.2, 0) is 0 Å². The van der Waals surface area contributed by atoms with E-state index in [1.54, 1.807) is 0 Å². The summed E-state index contributed by atoms with van der Waals surface area (Å²) in [5, 5.41) is 0. The van der Waals surface area contributed by atoms with Crippen LogP contribution >= 0.6 is 0 Å². The molecule has 3 rings (SSSR count). The van der Waals surface area contributed by atoms with Crippen molar-refractivity contribution in [1.29, 1.82) is 0 Å². The molecule has 0 aliphatic heterocycles. The van der Waals surface area contributed by atoms with Gasteiger partial charge < -0.3 is 5.73 Å². The predicted molar refractivity (Wildman–Crippen MR) is 84.8 cm³/mol. The Kier molecular flexibility index (Phi) is 4.13. The minimum absolute atomic E-state index is 0.163. The summed E-state index contributed by atoms with van der Waals surface area (Å²) in [6.45, 7) is 6.78. The smallest absolute Gasteiger partial charge is 0.0424 e. The average molecular weight is 272 g/mol. The second kappa shape index (κ2) is 5.87. The quantitative estimate of drug-likeness (QED) is 0.820. The lowest BCUT2D eigenvalue weighted by Gasteiger charge is -2.26. The van der Waals surface area contributed by atoms with Crippen LogP contribution in [0.4, 0.5) is 0 Å². The van der Waals surface area contributed by atoms with Gasteiger partial charge in [-0.1, -0.05) is 38.1 Å². The molecule has 0 saturated heterocycles. The fourth-order valence-electron chi connectivity index (χ4n) is 2.93. The summed E-state index contributed by atoms with van der Waals surface area (Å²) in [4.78, 5) is 2.65. The van der Waals surface area contributed by atoms with Crippen LogP contribution in [0.1, 0.15) is 62.6 Å². The van der Waals surface area contributed by atoms with Gasteiger partial charge in [0.1, 0.15) is 0 Å². The van der Waals surface area contributed by atoms with Gasteiger partial charge in [-0.05, 0) is 48.6 Å². The summed E-state index contributed by atoms with van der Waals surface area (Å²) in [5.74, 6) is 1.56. The zero-order valence-corrected chi connectivity index (χ0v) is 12.9. The molecule has 2 heteroatoms. The highest BCUT2D eigenvalue weighted by molar-refractivity contribution is 5.27. The van der Waals surface area contributed by atoms with Gasteiger partial charge >= 0.3 is 0 Å². The zero-order chi connectivity index (χ0) is 14.1. The summed E-state index contributed by atoms with van der Waals surface area (Å²) in [6.07, 6.45) is 5.63. The van der Waals surface area contributed by atoms with Gasteiger partial charge in [-0.15, -0.1) is 0 Å². The molecule has 110 valence electrons. The van der Waals surface area contributed by atoms with E-state index in [0.29, 0.717) is 5.92 Å². The van der Waals surface area contributed by atoms with E-state index in [4.69, 9.17) is 5.73 Å². The topological polar surface area (TPSA) is 29.3 Å². The van der Waals surface area contributed by atoms with Gasteiger partial charge in [-0.3, -0.25) is 4.90 Å². The highest BCUT2D eigenvalue weighted by Gasteiger charge is 2.34. The molecule has 0 radical (unpaired) electrons. The molecule has 0 heterocycles. The predicted octanol–water partition coefficient (Wildman–Crippen LogP) is 3.68. The summed E-state index contributed by atoms with van der Waals surface area (Å²) in [6, 6.07) is 9.92. The zero-order valence-electron chi connectivity index (χ0n) is 12.9. The lowest BCUT2D eigenvalue weighted by Crippen LogP contribution is -2.35. The fraction of sp³-hybridized carbons (Fsp3) is 0.667. The van der Waals surface area contributed by atoms with Gasteiger partial charge in [0.25, 0.3) is 0 Å². The first-order chi connectivity index (χ1) is 9.63. The number of rotatable bonds is 7. The van der Waals surface area contributed by atoms with Crippen molar-refractivity contribution in [2.75, 3.05) is 13.1 Å². The van der Waals surface area contributed by atoms with Gasteiger partial charge in [0.15, 0.2) is 0 Å². The number of hydrogen-bond donors (Lipinski definition) is 1. The van der Waals surface area contributed by atoms with Gasteiger partial charge in [0.05, 0.1) is 0 Å². The maximum Gasteiger partial charge on any atom is 0.0424 e. The first kappa shape index (κ1) is 14.1. The highest BCUT2D eigenvalue weighted by atomic mass is 15.2. The molecule has 2 saturated carbocycles. The Hall–Kier alpha value is -0.860. The van der Waals surface area contributed by atoms with Crippen molar-refractivity contribution in [3.05, 3.63) is 35.4 Å². The SMILES string of the molecule is CC(C)c1ccc(C(N)CN(CC2CC2)C2CC2)cc1. The van der Waals surface area contributed by atoms with Gasteiger partial charge in [-0.2, -0.15) is 0 Å². The molecule has 2 fully saturated rings. The third-order valence-electron chi connectivity index (χ3n) is 4.72. The second-order valence-electron chi connectivity index (χ2n) is 7.06. The number of hydrogen-bond acceptors (Lipinski definition) is 2. The summed E-state index contributed by atoms with van der Waals surface area (Å²) in [7, 11) is 0. The van der Waals surface area contributed by atoms with Crippen LogP contribution < -0.4 is 5.73 Å². The Balaban J connectivity index is 1.60. The van der Waals surface area contributed by atoms with Crippen molar-refractivity contribution in [2.45, 2.75) is 57.5 Å². The van der Waals surface area contributed by atoms with Crippen molar-refractivity contribution in [3.63, 3.8) is 0 Å². The molecule has 1 atom stereocenters. The number of nitrogens with zero attached hydrogens (tertiary/aromatic N) is 1. The van der Waals surface area contributed by atoms with E-state index in [1.165, 1.54) is 43.4 Å². The van der Waals surface area contributed by atoms with Crippen LogP contribution in [0.5, 0.6) is 0 Å². The first-order valence-electron chi connectivity index (χ1n) is 8.23. The molecule has 2 aliphatic rings. The lowest BCUT2D eigenvalue weighted by atomic mass is 9.99. The Bertz CT molecular complexity index is 429. The van der Waals surface area contributed by atoms with Crippen LogP contribution in [-0.4, -0.2) is 24.0 Å². The molecule has 0 bridgehead atoms. The van der Waals surface area contributed by atoms with Crippen LogP contribution in [0.2, 0.25) is 0 Å². The van der Waals surface area contributed by atoms with E-state index in [2.05, 4.69) is 43.0 Å². The lowest BCUT2D eigenvalue weighted by molar-refractivity contribution is 0.237. The van der Waals surface area contributed by atoms with Crippen LogP contribution in [0.15, 0.2) is 24.3 Å². The largest absolute Gasteiger partial charge is 0.323 e. The van der Waals surface area contributed by atoms with Crippen molar-refractivity contribution in [1.82, 2.24) is 4.90 Å². The molecule has 1 aromatic carbocycles. The molecule has 0 aromatic heterocycles. The van der Waals surface area contributed by atoms with E-state index in [0.717, 1.165) is 18.5 Å². The maximum absolute atomic E-state index is 6.44. The Morgan fingerprint density at radius 3 is 2.15 bits per heavy atom. The van der Waals surface area contributed by atoms with Crippen LogP contribution in [0, 0.1) is 5.92 Å². The molecule has 0 spiro atoms. The minimum atomic E-state index is 0.163. The van der Waals surface area contributed by atoms with Crippen LogP contribution in [0.3, 0.4) is 0 Å². The normalized spacial score (nSPS) is 20.6. The molecule has 2 N–H and O–H groups in total. The number of benzene rings is 1. The second-order valence-corrected chi connectivity index (χ2v) is 7.06. The molecule has 1 aromatic rings. The summed E-state index contributed by atoms with van der Waals surface area (Å²) < 4.78 is 0. The summed E-state index contributed by atoms with van der Waals surface area (Å²) >= 11 is 0. The Labute approximate surface area is 123 Å². The third-order valence-corrected chi connectivity index (χ3v) is 4.72. The minimum Gasteiger partial charge on any atom is -0.323 e. The van der Waals surface area contributed by atoms with Crippen molar-refractivity contribution in [2.24, 2.45) is 11.7 Å². The van der Waals surface area contributed by atoms with Gasteiger partial charge in [-0.25, -0.2) is 0 Å². The van der Waals surface area contributed by atoms with Crippen molar-refractivity contribution in [3.8, 4) is 0 Å². The fourth-order valence-corrected chi connectivity index (χ4v) is 2.93. The average Bonchev–Trinajstić information content (AvgIpc) is 3.30. The van der Waals surface area contributed by atoms with Gasteiger partial charge in [0.2, 0.25) is 0 Å². The Morgan fingerprint density at radius 1 is 1.05 bits per heavy atom. The van der Waals surface area contributed by atoms with E-state index < -0.39 is 0 Å². The number of nitrogens with two attached hydrogens (primary N) is 1. The van der Waals surface area contributed by atoms with Crippen LogP contribution in [0.25, 0.3) is 0 Å². The highest BCUT2D eigenvalue weighted by Crippen LogP contribution is 2.35.